The van der Waals surface area contributed by atoms with Gasteiger partial charge in [-0.25, -0.2) is 14.8 Å². The Labute approximate surface area is 117 Å². The number of halogens is 2. The van der Waals surface area contributed by atoms with Gasteiger partial charge in [0.1, 0.15) is 11.3 Å². The van der Waals surface area contributed by atoms with Crippen molar-refractivity contribution in [2.75, 3.05) is 6.54 Å². The molecule has 0 spiro atoms. The third kappa shape index (κ3) is 2.73. The van der Waals surface area contributed by atoms with Crippen LogP contribution in [0.25, 0.3) is 11.2 Å². The molecule has 0 aliphatic carbocycles. The van der Waals surface area contributed by atoms with Crippen LogP contribution < -0.4 is 11.1 Å². The van der Waals surface area contributed by atoms with Gasteiger partial charge < -0.3 is 15.6 Å². The number of alkyl halides is 1. The number of fused-ring (bicyclic) bond motifs is 1. The average Bonchev–Trinajstić information content (AvgIpc) is 2.66. The van der Waals surface area contributed by atoms with Gasteiger partial charge in [0.15, 0.2) is 5.65 Å². The van der Waals surface area contributed by atoms with Crippen LogP contribution >= 0.6 is 27.5 Å². The predicted molar refractivity (Wildman–Crippen MR) is 72.4 cm³/mol. The van der Waals surface area contributed by atoms with Crippen LogP contribution in [0.2, 0.25) is 0 Å². The molecule has 8 heteroatoms. The van der Waals surface area contributed by atoms with Gasteiger partial charge in [0.05, 0.1) is 5.88 Å². The third-order valence-corrected chi connectivity index (χ3v) is 3.06. The van der Waals surface area contributed by atoms with Crippen molar-refractivity contribution in [3.63, 3.8) is 0 Å². The molecule has 2 aromatic rings. The minimum atomic E-state index is -0.553. The normalized spacial score (nSPS) is 10.8. The largest absolute Gasteiger partial charge is 0.352 e. The lowest BCUT2D eigenvalue weighted by molar-refractivity contribution is 0.248. The Hall–Kier alpha value is -1.34. The van der Waals surface area contributed by atoms with E-state index in [2.05, 4.69) is 31.2 Å². The highest BCUT2D eigenvalue weighted by Gasteiger charge is 2.11. The molecule has 2 rings (SSSR count). The number of carbonyl (C=O) groups is 1. The lowest BCUT2D eigenvalue weighted by atomic mass is 10.4. The highest BCUT2D eigenvalue weighted by molar-refractivity contribution is 9.10. The van der Waals surface area contributed by atoms with Gasteiger partial charge in [-0.15, -0.1) is 11.6 Å². The molecule has 0 aliphatic heterocycles. The molecule has 0 aromatic carbocycles. The van der Waals surface area contributed by atoms with E-state index in [4.69, 9.17) is 17.3 Å². The summed E-state index contributed by atoms with van der Waals surface area (Å²) in [5.41, 5.74) is 6.51. The van der Waals surface area contributed by atoms with E-state index in [1.807, 2.05) is 10.6 Å². The number of primary amides is 1. The molecule has 0 saturated carbocycles. The van der Waals surface area contributed by atoms with Crippen LogP contribution in [-0.4, -0.2) is 27.1 Å². The molecule has 2 aromatic heterocycles. The second-order valence-corrected chi connectivity index (χ2v) is 4.78. The summed E-state index contributed by atoms with van der Waals surface area (Å²) in [6.45, 7) is 0.929. The fourth-order valence-electron chi connectivity index (χ4n) is 1.66. The van der Waals surface area contributed by atoms with E-state index in [9.17, 15) is 4.79 Å². The summed E-state index contributed by atoms with van der Waals surface area (Å²) in [6, 6.07) is 1.32. The van der Waals surface area contributed by atoms with E-state index in [1.54, 1.807) is 6.20 Å². The molecular formula is C10H11BrClN5O. The smallest absolute Gasteiger partial charge is 0.312 e. The van der Waals surface area contributed by atoms with Crippen molar-refractivity contribution in [3.05, 3.63) is 22.6 Å². The van der Waals surface area contributed by atoms with E-state index >= 15 is 0 Å². The molecule has 0 radical (unpaired) electrons. The summed E-state index contributed by atoms with van der Waals surface area (Å²) in [4.78, 5) is 19.3. The number of urea groups is 1. The Morgan fingerprint density at radius 2 is 2.39 bits per heavy atom. The lowest BCUT2D eigenvalue weighted by Gasteiger charge is -2.07. The average molecular weight is 333 g/mol. The maximum Gasteiger partial charge on any atom is 0.312 e. The van der Waals surface area contributed by atoms with Crippen molar-refractivity contribution in [1.82, 2.24) is 19.9 Å². The number of nitrogens with two attached hydrogens (primary N) is 1. The number of hydrogen-bond acceptors (Lipinski definition) is 3. The van der Waals surface area contributed by atoms with E-state index in [1.165, 1.54) is 0 Å². The van der Waals surface area contributed by atoms with Crippen LogP contribution in [0, 0.1) is 0 Å². The quantitative estimate of drug-likeness (QED) is 0.834. The zero-order chi connectivity index (χ0) is 13.1. The fourth-order valence-corrected chi connectivity index (χ4v) is 2.18. The second kappa shape index (κ2) is 5.53. The summed E-state index contributed by atoms with van der Waals surface area (Å²) in [5.74, 6) is 0.994. The molecule has 0 fully saturated rings. The molecule has 6 nitrogen and oxygen atoms in total. The Bertz CT molecular complexity index is 585. The van der Waals surface area contributed by atoms with Gasteiger partial charge in [-0.2, -0.15) is 0 Å². The van der Waals surface area contributed by atoms with Crippen molar-refractivity contribution < 1.29 is 4.79 Å². The Morgan fingerprint density at radius 3 is 3.06 bits per heavy atom. The van der Waals surface area contributed by atoms with Crippen LogP contribution in [0.3, 0.4) is 0 Å². The van der Waals surface area contributed by atoms with E-state index in [-0.39, 0.29) is 5.88 Å². The molecule has 2 amide bonds. The van der Waals surface area contributed by atoms with Gasteiger partial charge in [-0.3, -0.25) is 0 Å². The van der Waals surface area contributed by atoms with Gasteiger partial charge in [-0.05, 0) is 22.0 Å². The van der Waals surface area contributed by atoms with E-state index in [0.29, 0.717) is 18.9 Å². The van der Waals surface area contributed by atoms with Gasteiger partial charge >= 0.3 is 6.03 Å². The Kier molecular flexibility index (Phi) is 4.03. The monoisotopic (exact) mass is 331 g/mol. The lowest BCUT2D eigenvalue weighted by Crippen LogP contribution is -2.32. The van der Waals surface area contributed by atoms with E-state index < -0.39 is 6.03 Å². The molecule has 0 aliphatic rings. The summed E-state index contributed by atoms with van der Waals surface area (Å²) in [5, 5.41) is 2.52. The van der Waals surface area contributed by atoms with Gasteiger partial charge in [-0.1, -0.05) is 0 Å². The SMILES string of the molecule is NC(=O)NCCn1c(CCl)nc2cc(Br)cnc21. The molecule has 0 unspecified atom stereocenters. The van der Waals surface area contributed by atoms with E-state index in [0.717, 1.165) is 15.6 Å². The molecule has 0 bridgehead atoms. The van der Waals surface area contributed by atoms with Crippen LogP contribution in [0.1, 0.15) is 5.82 Å². The number of nitrogens with one attached hydrogen (secondary N) is 1. The molecular weight excluding hydrogens is 322 g/mol. The first-order valence-electron chi connectivity index (χ1n) is 5.21. The molecule has 96 valence electrons. The van der Waals surface area contributed by atoms with Crippen LogP contribution in [-0.2, 0) is 12.4 Å². The highest BCUT2D eigenvalue weighted by Crippen LogP contribution is 2.19. The van der Waals surface area contributed by atoms with Crippen molar-refractivity contribution in [3.8, 4) is 0 Å². The van der Waals surface area contributed by atoms with Crippen LogP contribution in [0.15, 0.2) is 16.7 Å². The molecule has 2 heterocycles. The first-order chi connectivity index (χ1) is 8.61. The minimum Gasteiger partial charge on any atom is -0.352 e. The van der Waals surface area contributed by atoms with Crippen LogP contribution in [0.4, 0.5) is 4.79 Å². The summed E-state index contributed by atoms with van der Waals surface area (Å²) in [7, 11) is 0. The van der Waals surface area contributed by atoms with Gasteiger partial charge in [0, 0.05) is 23.8 Å². The molecule has 3 N–H and O–H groups in total. The Morgan fingerprint density at radius 1 is 1.61 bits per heavy atom. The van der Waals surface area contributed by atoms with Crippen molar-refractivity contribution in [2.45, 2.75) is 12.4 Å². The molecule has 0 saturated heterocycles. The van der Waals surface area contributed by atoms with Crippen LogP contribution in [0.5, 0.6) is 0 Å². The molecule has 0 atom stereocenters. The number of imidazole rings is 1. The van der Waals surface area contributed by atoms with Crippen molar-refractivity contribution >= 4 is 44.7 Å². The number of nitrogens with zero attached hydrogens (tertiary/aromatic N) is 3. The van der Waals surface area contributed by atoms with Gasteiger partial charge in [0.2, 0.25) is 0 Å². The number of hydrogen-bond donors (Lipinski definition) is 2. The fraction of sp³-hybridized carbons (Fsp3) is 0.300. The maximum absolute atomic E-state index is 10.6. The standard InChI is InChI=1S/C10H11BrClN5O/c11-6-3-7-9(15-5-6)17(8(4-12)16-7)2-1-14-10(13)18/h3,5H,1-2,4H2,(H3,13,14,18). The van der Waals surface area contributed by atoms with Gasteiger partial charge in [0.25, 0.3) is 0 Å². The summed E-state index contributed by atoms with van der Waals surface area (Å²) in [6.07, 6.45) is 1.69. The predicted octanol–water partition coefficient (Wildman–Crippen LogP) is 1.60. The number of rotatable bonds is 4. The maximum atomic E-state index is 10.6. The van der Waals surface area contributed by atoms with Crippen molar-refractivity contribution in [2.24, 2.45) is 5.73 Å². The number of aromatic nitrogens is 3. The summed E-state index contributed by atoms with van der Waals surface area (Å²) < 4.78 is 2.72. The number of amides is 2. The number of pyridine rings is 1. The Balaban J connectivity index is 2.31. The second-order valence-electron chi connectivity index (χ2n) is 3.60. The minimum absolute atomic E-state index is 0.282. The summed E-state index contributed by atoms with van der Waals surface area (Å²) >= 11 is 9.19. The third-order valence-electron chi connectivity index (χ3n) is 2.38. The first kappa shape index (κ1) is 13.1. The first-order valence-corrected chi connectivity index (χ1v) is 6.54. The molecule has 18 heavy (non-hydrogen) atoms. The van der Waals surface area contributed by atoms with Crippen molar-refractivity contribution in [1.29, 1.82) is 0 Å². The zero-order valence-corrected chi connectivity index (χ0v) is 11.7. The zero-order valence-electron chi connectivity index (χ0n) is 9.36. The topological polar surface area (TPSA) is 85.8 Å². The highest BCUT2D eigenvalue weighted by atomic mass is 79.9. The number of carbonyl (C=O) groups excluding carboxylic acids is 1.